The Morgan fingerprint density at radius 1 is 0.926 bits per heavy atom. The van der Waals surface area contributed by atoms with Crippen molar-refractivity contribution in [2.45, 2.75) is 0 Å². The normalized spacial score (nSPS) is 10.6. The van der Waals surface area contributed by atoms with Gasteiger partial charge in [0.15, 0.2) is 0 Å². The third-order valence-corrected chi connectivity index (χ3v) is 4.32. The second kappa shape index (κ2) is 7.43. The number of rotatable bonds is 4. The lowest BCUT2D eigenvalue weighted by Gasteiger charge is -2.12. The van der Waals surface area contributed by atoms with Gasteiger partial charge in [-0.1, -0.05) is 35.9 Å². The Morgan fingerprint density at radius 2 is 1.74 bits per heavy atom. The quantitative estimate of drug-likeness (QED) is 0.508. The van der Waals surface area contributed by atoms with Gasteiger partial charge < -0.3 is 0 Å². The average molecular weight is 375 g/mol. The van der Waals surface area contributed by atoms with Gasteiger partial charge >= 0.3 is 0 Å². The number of halogens is 1. The summed E-state index contributed by atoms with van der Waals surface area (Å²) >= 11 is 5.98. The topological polar surface area (TPSA) is 66.9 Å². The van der Waals surface area contributed by atoms with Crippen LogP contribution in [0.1, 0.15) is 10.4 Å². The predicted molar refractivity (Wildman–Crippen MR) is 108 cm³/mol. The summed E-state index contributed by atoms with van der Waals surface area (Å²) in [5, 5.41) is 1.37. The average Bonchev–Trinajstić information content (AvgIpc) is 2.72. The molecule has 0 aliphatic carbocycles. The molecule has 2 N–H and O–H groups in total. The van der Waals surface area contributed by atoms with Gasteiger partial charge in [0, 0.05) is 28.4 Å². The molecule has 0 aliphatic heterocycles. The fourth-order valence-electron chi connectivity index (χ4n) is 2.80. The largest absolute Gasteiger partial charge is 0.298 e. The summed E-state index contributed by atoms with van der Waals surface area (Å²) in [4.78, 5) is 21.6. The Morgan fingerprint density at radius 3 is 2.56 bits per heavy atom. The SMILES string of the molecule is O=C(NNc1cccc(Cl)c1)c1cc(-c2ccncc2)nc2ccccc12. The Balaban J connectivity index is 1.70. The number of amides is 1. The van der Waals surface area contributed by atoms with Gasteiger partial charge in [-0.15, -0.1) is 0 Å². The van der Waals surface area contributed by atoms with Gasteiger partial charge in [0.1, 0.15) is 0 Å². The molecule has 0 aliphatic rings. The highest BCUT2D eigenvalue weighted by Gasteiger charge is 2.13. The van der Waals surface area contributed by atoms with Gasteiger partial charge in [-0.3, -0.25) is 20.6 Å². The summed E-state index contributed by atoms with van der Waals surface area (Å²) in [6, 6.07) is 20.2. The van der Waals surface area contributed by atoms with Crippen LogP contribution in [0.15, 0.2) is 79.1 Å². The fourth-order valence-corrected chi connectivity index (χ4v) is 2.99. The van der Waals surface area contributed by atoms with Crippen molar-refractivity contribution >= 4 is 34.1 Å². The highest BCUT2D eigenvalue weighted by Crippen LogP contribution is 2.24. The van der Waals surface area contributed by atoms with E-state index >= 15 is 0 Å². The minimum absolute atomic E-state index is 0.260. The molecule has 0 saturated heterocycles. The first-order valence-electron chi connectivity index (χ1n) is 8.33. The monoisotopic (exact) mass is 374 g/mol. The molecule has 4 aromatic rings. The first-order valence-corrected chi connectivity index (χ1v) is 8.70. The van der Waals surface area contributed by atoms with Crippen LogP contribution in [-0.4, -0.2) is 15.9 Å². The van der Waals surface area contributed by atoms with E-state index in [4.69, 9.17) is 11.6 Å². The number of benzene rings is 2. The molecule has 0 radical (unpaired) electrons. The van der Waals surface area contributed by atoms with E-state index < -0.39 is 0 Å². The molecule has 132 valence electrons. The number of anilines is 1. The third kappa shape index (κ3) is 3.73. The number of carbonyl (C=O) groups is 1. The number of fused-ring (bicyclic) bond motifs is 1. The molecule has 0 spiro atoms. The van der Waals surface area contributed by atoms with Crippen molar-refractivity contribution < 1.29 is 4.79 Å². The number of carbonyl (C=O) groups excluding carboxylic acids is 1. The number of hydrogen-bond donors (Lipinski definition) is 2. The lowest BCUT2D eigenvalue weighted by atomic mass is 10.0. The third-order valence-electron chi connectivity index (χ3n) is 4.08. The second-order valence-electron chi connectivity index (χ2n) is 5.90. The molecular weight excluding hydrogens is 360 g/mol. The molecule has 0 bridgehead atoms. The number of para-hydroxylation sites is 1. The minimum Gasteiger partial charge on any atom is -0.298 e. The van der Waals surface area contributed by atoms with Crippen LogP contribution in [0.5, 0.6) is 0 Å². The molecule has 0 fully saturated rings. The van der Waals surface area contributed by atoms with Crippen LogP contribution >= 0.6 is 11.6 Å². The standard InChI is InChI=1S/C21H15ClN4O/c22-15-4-3-5-16(12-15)25-26-21(27)18-13-20(14-8-10-23-11-9-14)24-19-7-2-1-6-17(18)19/h1-13,25H,(H,26,27). The van der Waals surface area contributed by atoms with E-state index in [0.29, 0.717) is 22.0 Å². The summed E-state index contributed by atoms with van der Waals surface area (Å²) in [7, 11) is 0. The fraction of sp³-hybridized carbons (Fsp3) is 0. The van der Waals surface area contributed by atoms with Crippen LogP contribution in [0.4, 0.5) is 5.69 Å². The predicted octanol–water partition coefficient (Wildman–Crippen LogP) is 4.71. The van der Waals surface area contributed by atoms with Crippen LogP contribution in [0.25, 0.3) is 22.2 Å². The van der Waals surface area contributed by atoms with Crippen LogP contribution in [0.3, 0.4) is 0 Å². The molecule has 2 aromatic carbocycles. The van der Waals surface area contributed by atoms with Gasteiger partial charge in [0.2, 0.25) is 0 Å². The van der Waals surface area contributed by atoms with Gasteiger partial charge in [-0.25, -0.2) is 4.98 Å². The van der Waals surface area contributed by atoms with E-state index in [2.05, 4.69) is 20.8 Å². The molecule has 4 rings (SSSR count). The molecule has 0 saturated carbocycles. The van der Waals surface area contributed by atoms with E-state index in [0.717, 1.165) is 16.5 Å². The van der Waals surface area contributed by atoms with Gasteiger partial charge in [-0.2, -0.15) is 0 Å². The highest BCUT2D eigenvalue weighted by atomic mass is 35.5. The highest BCUT2D eigenvalue weighted by molar-refractivity contribution is 6.30. The molecule has 1 amide bonds. The molecule has 2 aromatic heterocycles. The summed E-state index contributed by atoms with van der Waals surface area (Å²) in [5.41, 5.74) is 9.20. The van der Waals surface area contributed by atoms with Crippen LogP contribution in [-0.2, 0) is 0 Å². The van der Waals surface area contributed by atoms with Crippen molar-refractivity contribution in [1.29, 1.82) is 0 Å². The first-order chi connectivity index (χ1) is 13.2. The van der Waals surface area contributed by atoms with E-state index in [9.17, 15) is 4.79 Å². The molecule has 2 heterocycles. The maximum absolute atomic E-state index is 12.9. The first kappa shape index (κ1) is 17.0. The molecule has 5 nitrogen and oxygen atoms in total. The number of hydrazine groups is 1. The minimum atomic E-state index is -0.260. The van der Waals surface area contributed by atoms with E-state index in [-0.39, 0.29) is 5.91 Å². The van der Waals surface area contributed by atoms with Crippen LogP contribution in [0, 0.1) is 0 Å². The van der Waals surface area contributed by atoms with E-state index in [1.807, 2.05) is 42.5 Å². The van der Waals surface area contributed by atoms with Crippen molar-refractivity contribution in [2.24, 2.45) is 0 Å². The molecular formula is C21H15ClN4O. The van der Waals surface area contributed by atoms with Gasteiger partial charge in [-0.05, 0) is 42.5 Å². The number of nitrogens with one attached hydrogen (secondary N) is 2. The summed E-state index contributed by atoms with van der Waals surface area (Å²) in [6.07, 6.45) is 3.40. The number of aromatic nitrogens is 2. The molecule has 27 heavy (non-hydrogen) atoms. The number of hydrogen-bond acceptors (Lipinski definition) is 4. The Labute approximate surface area is 161 Å². The van der Waals surface area contributed by atoms with Crippen molar-refractivity contribution in [3.63, 3.8) is 0 Å². The van der Waals surface area contributed by atoms with Gasteiger partial charge in [0.25, 0.3) is 5.91 Å². The Hall–Kier alpha value is -3.44. The molecule has 6 heteroatoms. The zero-order valence-electron chi connectivity index (χ0n) is 14.2. The molecule has 0 unspecified atom stereocenters. The summed E-state index contributed by atoms with van der Waals surface area (Å²) in [6.45, 7) is 0. The number of nitrogens with zero attached hydrogens (tertiary/aromatic N) is 2. The molecule has 0 atom stereocenters. The van der Waals surface area contributed by atoms with E-state index in [1.54, 1.807) is 36.7 Å². The summed E-state index contributed by atoms with van der Waals surface area (Å²) in [5.74, 6) is -0.260. The van der Waals surface area contributed by atoms with Crippen molar-refractivity contribution in [3.8, 4) is 11.3 Å². The zero-order chi connectivity index (χ0) is 18.6. The van der Waals surface area contributed by atoms with Crippen LogP contribution < -0.4 is 10.9 Å². The smallest absolute Gasteiger partial charge is 0.270 e. The summed E-state index contributed by atoms with van der Waals surface area (Å²) < 4.78 is 0. The Bertz CT molecular complexity index is 1120. The zero-order valence-corrected chi connectivity index (χ0v) is 14.9. The maximum Gasteiger partial charge on any atom is 0.270 e. The van der Waals surface area contributed by atoms with Crippen LogP contribution in [0.2, 0.25) is 5.02 Å². The van der Waals surface area contributed by atoms with Crippen molar-refractivity contribution in [2.75, 3.05) is 5.43 Å². The van der Waals surface area contributed by atoms with E-state index in [1.165, 1.54) is 0 Å². The second-order valence-corrected chi connectivity index (χ2v) is 6.33. The lowest BCUT2D eigenvalue weighted by Crippen LogP contribution is -2.29. The maximum atomic E-state index is 12.9. The van der Waals surface area contributed by atoms with Crippen molar-refractivity contribution in [1.82, 2.24) is 15.4 Å². The van der Waals surface area contributed by atoms with Crippen molar-refractivity contribution in [3.05, 3.63) is 89.7 Å². The Kier molecular flexibility index (Phi) is 4.68. The van der Waals surface area contributed by atoms with Gasteiger partial charge in [0.05, 0.1) is 22.5 Å². The lowest BCUT2D eigenvalue weighted by molar-refractivity contribution is 0.0964. The number of pyridine rings is 2.